The van der Waals surface area contributed by atoms with Gasteiger partial charge in [0, 0.05) is 18.2 Å². The number of nitrogens with zero attached hydrogens (tertiary/aromatic N) is 2. The van der Waals surface area contributed by atoms with E-state index >= 15 is 0 Å². The van der Waals surface area contributed by atoms with Gasteiger partial charge in [-0.15, -0.1) is 0 Å². The monoisotopic (exact) mass is 412 g/mol. The van der Waals surface area contributed by atoms with Crippen molar-refractivity contribution in [1.29, 1.82) is 0 Å². The molecule has 7 heteroatoms. The SMILES string of the molecule is CC(C)c1cc(C(=O)N2[C@H](Cc3ccc(F)cc3)C[C@@H]3NC(=O)CCCC[C@H]32)n[nH]1. The number of carbonyl (C=O) groups excluding carboxylic acids is 2. The fraction of sp³-hybridized carbons (Fsp3) is 0.522. The molecule has 2 fully saturated rings. The highest BCUT2D eigenvalue weighted by molar-refractivity contribution is 5.93. The number of H-pyrrole nitrogens is 1. The summed E-state index contributed by atoms with van der Waals surface area (Å²) >= 11 is 0. The van der Waals surface area contributed by atoms with Crippen molar-refractivity contribution in [3.05, 3.63) is 53.1 Å². The molecule has 0 spiro atoms. The largest absolute Gasteiger partial charge is 0.351 e. The maximum atomic E-state index is 13.5. The minimum atomic E-state index is -0.273. The number of aromatic nitrogens is 2. The van der Waals surface area contributed by atoms with Crippen LogP contribution >= 0.6 is 0 Å². The van der Waals surface area contributed by atoms with Crippen LogP contribution in [0.2, 0.25) is 0 Å². The molecule has 3 atom stereocenters. The normalized spacial score (nSPS) is 24.3. The van der Waals surface area contributed by atoms with Crippen molar-refractivity contribution < 1.29 is 14.0 Å². The van der Waals surface area contributed by atoms with Crippen LogP contribution in [0.4, 0.5) is 4.39 Å². The number of rotatable bonds is 4. The third-order valence-electron chi connectivity index (χ3n) is 6.30. The van der Waals surface area contributed by atoms with Gasteiger partial charge in [0.1, 0.15) is 11.5 Å². The molecule has 4 rings (SSSR count). The fourth-order valence-electron chi connectivity index (χ4n) is 4.71. The van der Waals surface area contributed by atoms with Crippen molar-refractivity contribution in [2.45, 2.75) is 76.4 Å². The second-order valence-corrected chi connectivity index (χ2v) is 8.78. The molecule has 0 unspecified atom stereocenters. The Morgan fingerprint density at radius 2 is 2.03 bits per heavy atom. The first-order valence-corrected chi connectivity index (χ1v) is 10.8. The number of hydrogen-bond acceptors (Lipinski definition) is 3. The number of amides is 2. The first kappa shape index (κ1) is 20.6. The molecular weight excluding hydrogens is 383 g/mol. The Morgan fingerprint density at radius 3 is 2.73 bits per heavy atom. The number of halogens is 1. The molecule has 1 aromatic carbocycles. The number of aromatic amines is 1. The highest BCUT2D eigenvalue weighted by atomic mass is 19.1. The van der Waals surface area contributed by atoms with Gasteiger partial charge in [0.15, 0.2) is 0 Å². The van der Waals surface area contributed by atoms with E-state index in [1.54, 1.807) is 12.1 Å². The summed E-state index contributed by atoms with van der Waals surface area (Å²) in [6.07, 6.45) is 4.46. The summed E-state index contributed by atoms with van der Waals surface area (Å²) in [5.41, 5.74) is 2.32. The summed E-state index contributed by atoms with van der Waals surface area (Å²) in [5, 5.41) is 10.4. The number of nitrogens with one attached hydrogen (secondary N) is 2. The van der Waals surface area contributed by atoms with E-state index in [-0.39, 0.29) is 41.7 Å². The Kier molecular flexibility index (Phi) is 5.88. The van der Waals surface area contributed by atoms with E-state index in [9.17, 15) is 14.0 Å². The Morgan fingerprint density at radius 1 is 1.27 bits per heavy atom. The van der Waals surface area contributed by atoms with Gasteiger partial charge >= 0.3 is 0 Å². The zero-order valence-corrected chi connectivity index (χ0v) is 17.5. The molecular formula is C23H29FN4O2. The van der Waals surface area contributed by atoms with E-state index in [0.717, 1.165) is 30.5 Å². The summed E-state index contributed by atoms with van der Waals surface area (Å²) in [4.78, 5) is 27.7. The van der Waals surface area contributed by atoms with Crippen LogP contribution in [-0.4, -0.2) is 45.0 Å². The van der Waals surface area contributed by atoms with Gasteiger partial charge in [0.05, 0.1) is 12.1 Å². The first-order chi connectivity index (χ1) is 14.4. The van der Waals surface area contributed by atoms with E-state index in [2.05, 4.69) is 29.4 Å². The lowest BCUT2D eigenvalue weighted by Gasteiger charge is -2.32. The molecule has 2 aliphatic heterocycles. The lowest BCUT2D eigenvalue weighted by molar-refractivity contribution is -0.122. The quantitative estimate of drug-likeness (QED) is 0.806. The van der Waals surface area contributed by atoms with Crippen molar-refractivity contribution in [1.82, 2.24) is 20.4 Å². The molecule has 0 radical (unpaired) electrons. The molecule has 160 valence electrons. The number of fused-ring (bicyclic) bond motifs is 1. The van der Waals surface area contributed by atoms with Gasteiger partial charge in [-0.05, 0) is 55.4 Å². The number of benzene rings is 1. The summed E-state index contributed by atoms with van der Waals surface area (Å²) in [6.45, 7) is 4.10. The van der Waals surface area contributed by atoms with Crippen molar-refractivity contribution in [2.75, 3.05) is 0 Å². The van der Waals surface area contributed by atoms with Crippen molar-refractivity contribution in [3.8, 4) is 0 Å². The van der Waals surface area contributed by atoms with Crippen LogP contribution in [0.15, 0.2) is 30.3 Å². The van der Waals surface area contributed by atoms with Crippen LogP contribution < -0.4 is 5.32 Å². The predicted molar refractivity (Wildman–Crippen MR) is 112 cm³/mol. The van der Waals surface area contributed by atoms with Crippen LogP contribution in [-0.2, 0) is 11.2 Å². The van der Waals surface area contributed by atoms with E-state index in [4.69, 9.17) is 0 Å². The maximum Gasteiger partial charge on any atom is 0.274 e. The average molecular weight is 413 g/mol. The van der Waals surface area contributed by atoms with Gasteiger partial charge < -0.3 is 10.2 Å². The molecule has 1 aromatic heterocycles. The fourth-order valence-corrected chi connectivity index (χ4v) is 4.71. The molecule has 2 N–H and O–H groups in total. The van der Waals surface area contributed by atoms with E-state index in [1.807, 2.05) is 11.0 Å². The minimum absolute atomic E-state index is 0.0496. The second-order valence-electron chi connectivity index (χ2n) is 8.78. The molecule has 2 aliphatic rings. The van der Waals surface area contributed by atoms with Gasteiger partial charge in [-0.1, -0.05) is 32.4 Å². The summed E-state index contributed by atoms with van der Waals surface area (Å²) in [7, 11) is 0. The van der Waals surface area contributed by atoms with Gasteiger partial charge in [0.2, 0.25) is 5.91 Å². The molecule has 2 amide bonds. The number of carbonyl (C=O) groups is 2. The van der Waals surface area contributed by atoms with Crippen LogP contribution in [0.3, 0.4) is 0 Å². The van der Waals surface area contributed by atoms with Crippen LogP contribution in [0.25, 0.3) is 0 Å². The molecule has 0 aliphatic carbocycles. The van der Waals surface area contributed by atoms with Crippen molar-refractivity contribution >= 4 is 11.8 Å². The molecule has 2 saturated heterocycles. The highest BCUT2D eigenvalue weighted by Gasteiger charge is 2.45. The summed E-state index contributed by atoms with van der Waals surface area (Å²) in [6, 6.07) is 8.08. The van der Waals surface area contributed by atoms with Crippen molar-refractivity contribution in [2.24, 2.45) is 0 Å². The summed E-state index contributed by atoms with van der Waals surface area (Å²) < 4.78 is 13.3. The number of hydrogen-bond donors (Lipinski definition) is 2. The Balaban J connectivity index is 1.64. The third-order valence-corrected chi connectivity index (χ3v) is 6.30. The van der Waals surface area contributed by atoms with Crippen LogP contribution in [0.1, 0.15) is 73.6 Å². The highest BCUT2D eigenvalue weighted by Crippen LogP contribution is 2.33. The smallest absolute Gasteiger partial charge is 0.274 e. The maximum absolute atomic E-state index is 13.5. The average Bonchev–Trinajstić information content (AvgIpc) is 3.31. The summed E-state index contributed by atoms with van der Waals surface area (Å²) in [5.74, 6) is -0.0696. The van der Waals surface area contributed by atoms with E-state index in [0.29, 0.717) is 25.0 Å². The lowest BCUT2D eigenvalue weighted by Crippen LogP contribution is -2.49. The Labute approximate surface area is 176 Å². The van der Waals surface area contributed by atoms with Gasteiger partial charge in [-0.2, -0.15) is 5.10 Å². The van der Waals surface area contributed by atoms with Gasteiger partial charge in [-0.25, -0.2) is 4.39 Å². The van der Waals surface area contributed by atoms with Crippen molar-refractivity contribution in [3.63, 3.8) is 0 Å². The second kappa shape index (κ2) is 8.58. The van der Waals surface area contributed by atoms with Crippen LogP contribution in [0, 0.1) is 5.82 Å². The molecule has 0 bridgehead atoms. The Hall–Kier alpha value is -2.70. The van der Waals surface area contributed by atoms with Gasteiger partial charge in [-0.3, -0.25) is 14.7 Å². The molecule has 30 heavy (non-hydrogen) atoms. The predicted octanol–water partition coefficient (Wildman–Crippen LogP) is 3.56. The zero-order valence-electron chi connectivity index (χ0n) is 17.5. The molecule has 2 aromatic rings. The zero-order chi connectivity index (χ0) is 21.3. The van der Waals surface area contributed by atoms with Gasteiger partial charge in [0.25, 0.3) is 5.91 Å². The molecule has 0 saturated carbocycles. The molecule has 6 nitrogen and oxygen atoms in total. The third kappa shape index (κ3) is 4.25. The number of likely N-dealkylation sites (tertiary alicyclic amines) is 1. The minimum Gasteiger partial charge on any atom is -0.351 e. The molecule has 3 heterocycles. The topological polar surface area (TPSA) is 78.1 Å². The van der Waals surface area contributed by atoms with E-state index < -0.39 is 0 Å². The lowest BCUT2D eigenvalue weighted by atomic mass is 9.97. The van der Waals surface area contributed by atoms with E-state index in [1.165, 1.54) is 12.1 Å². The Bertz CT molecular complexity index is 908. The first-order valence-electron chi connectivity index (χ1n) is 10.8. The van der Waals surface area contributed by atoms with Crippen LogP contribution in [0.5, 0.6) is 0 Å². The standard InChI is InChI=1S/C23H29FN4O2/c1-14(2)18-13-20(27-26-18)23(30)28-17(11-15-7-9-16(24)10-8-15)12-19-21(28)5-3-4-6-22(29)25-19/h7-10,13-14,17,19,21H,3-6,11-12H2,1-2H3,(H,25,29)(H,26,27)/t17-,19+,21-/m1/s1.